The third-order valence-corrected chi connectivity index (χ3v) is 9.67. The number of rotatable bonds is 7. The Bertz CT molecular complexity index is 1670. The largest absolute Gasteiger partial charge is 0.452 e. The number of amides is 1. The van der Waals surface area contributed by atoms with Crippen molar-refractivity contribution in [2.75, 3.05) is 20.7 Å². The van der Waals surface area contributed by atoms with Gasteiger partial charge in [-0.05, 0) is 90.6 Å². The minimum Gasteiger partial charge on any atom is -0.452 e. The van der Waals surface area contributed by atoms with Crippen molar-refractivity contribution < 1.29 is 22.7 Å². The Labute approximate surface area is 255 Å². The molecular formula is C31H29Cl2N3O5S. The van der Waals surface area contributed by atoms with Gasteiger partial charge in [0.1, 0.15) is 0 Å². The summed E-state index contributed by atoms with van der Waals surface area (Å²) >= 11 is 12.4. The van der Waals surface area contributed by atoms with E-state index in [-0.39, 0.29) is 22.4 Å². The van der Waals surface area contributed by atoms with Crippen molar-refractivity contribution in [3.8, 4) is 0 Å². The molecule has 2 unspecified atom stereocenters. The number of hydrogen-bond acceptors (Lipinski definition) is 6. The van der Waals surface area contributed by atoms with Crippen LogP contribution < -0.4 is 0 Å². The Morgan fingerprint density at radius 1 is 1.02 bits per heavy atom. The van der Waals surface area contributed by atoms with Crippen molar-refractivity contribution >= 4 is 56.9 Å². The monoisotopic (exact) mass is 625 g/mol. The van der Waals surface area contributed by atoms with Crippen molar-refractivity contribution in [2.24, 2.45) is 11.0 Å². The molecule has 0 N–H and O–H groups in total. The predicted molar refractivity (Wildman–Crippen MR) is 163 cm³/mol. The van der Waals surface area contributed by atoms with E-state index in [1.165, 1.54) is 43.4 Å². The second kappa shape index (κ2) is 12.4. The highest BCUT2D eigenvalue weighted by Crippen LogP contribution is 2.44. The molecule has 0 saturated heterocycles. The maximum Gasteiger partial charge on any atom is 0.338 e. The zero-order valence-electron chi connectivity index (χ0n) is 23.0. The van der Waals surface area contributed by atoms with Crippen molar-refractivity contribution in [1.29, 1.82) is 0 Å². The number of nitrogens with zero attached hydrogens (tertiary/aromatic N) is 3. The van der Waals surface area contributed by atoms with Gasteiger partial charge in [-0.1, -0.05) is 47.5 Å². The molecule has 42 heavy (non-hydrogen) atoms. The number of carbonyl (C=O) groups excluding carboxylic acids is 2. The summed E-state index contributed by atoms with van der Waals surface area (Å²) in [7, 11) is -0.793. The van der Waals surface area contributed by atoms with Gasteiger partial charge >= 0.3 is 5.97 Å². The smallest absolute Gasteiger partial charge is 0.338 e. The maximum atomic E-state index is 13.5. The summed E-state index contributed by atoms with van der Waals surface area (Å²) in [5.41, 5.74) is 3.82. The highest BCUT2D eigenvalue weighted by molar-refractivity contribution is 7.89. The van der Waals surface area contributed by atoms with Crippen LogP contribution in [0.25, 0.3) is 6.08 Å². The Morgan fingerprint density at radius 2 is 1.74 bits per heavy atom. The maximum absolute atomic E-state index is 13.5. The van der Waals surface area contributed by atoms with Crippen LogP contribution in [0.3, 0.4) is 0 Å². The first-order valence-electron chi connectivity index (χ1n) is 13.4. The topological polar surface area (TPSA) is 96.3 Å². The molecule has 1 amide bonds. The van der Waals surface area contributed by atoms with Crippen LogP contribution in [0.5, 0.6) is 0 Å². The summed E-state index contributed by atoms with van der Waals surface area (Å²) in [6, 6.07) is 19.9. The van der Waals surface area contributed by atoms with Crippen LogP contribution >= 0.6 is 23.2 Å². The van der Waals surface area contributed by atoms with E-state index in [0.29, 0.717) is 10.0 Å². The Kier molecular flexibility index (Phi) is 8.84. The summed E-state index contributed by atoms with van der Waals surface area (Å²) in [4.78, 5) is 26.3. The van der Waals surface area contributed by atoms with E-state index < -0.39 is 28.5 Å². The van der Waals surface area contributed by atoms with E-state index in [9.17, 15) is 18.0 Å². The van der Waals surface area contributed by atoms with E-state index in [1.807, 2.05) is 36.4 Å². The number of ether oxygens (including phenoxy) is 1. The molecule has 8 nitrogen and oxygen atoms in total. The van der Waals surface area contributed by atoms with Crippen molar-refractivity contribution in [1.82, 2.24) is 9.31 Å². The van der Waals surface area contributed by atoms with Gasteiger partial charge in [-0.15, -0.1) is 0 Å². The molecule has 5 rings (SSSR count). The Hall–Kier alpha value is -3.50. The van der Waals surface area contributed by atoms with Gasteiger partial charge in [-0.25, -0.2) is 22.5 Å². The van der Waals surface area contributed by atoms with E-state index in [4.69, 9.17) is 33.0 Å². The lowest BCUT2D eigenvalue weighted by Gasteiger charge is -2.29. The van der Waals surface area contributed by atoms with Crippen LogP contribution in [-0.4, -0.2) is 56.0 Å². The van der Waals surface area contributed by atoms with Crippen LogP contribution in [0.1, 0.15) is 46.8 Å². The number of halogens is 2. The van der Waals surface area contributed by atoms with E-state index in [2.05, 4.69) is 6.08 Å². The van der Waals surface area contributed by atoms with Gasteiger partial charge in [0.2, 0.25) is 10.0 Å². The molecular weight excluding hydrogens is 597 g/mol. The number of carbonyl (C=O) groups is 2. The van der Waals surface area contributed by atoms with Crippen LogP contribution in [0.4, 0.5) is 0 Å². The average molecular weight is 627 g/mol. The summed E-state index contributed by atoms with van der Waals surface area (Å²) in [5, 5.41) is 7.44. The molecule has 218 valence electrons. The van der Waals surface area contributed by atoms with Gasteiger partial charge < -0.3 is 4.74 Å². The highest BCUT2D eigenvalue weighted by atomic mass is 35.5. The molecule has 1 aliphatic heterocycles. The van der Waals surface area contributed by atoms with Gasteiger partial charge in [0, 0.05) is 30.1 Å². The van der Waals surface area contributed by atoms with E-state index >= 15 is 0 Å². The van der Waals surface area contributed by atoms with Gasteiger partial charge in [-0.3, -0.25) is 4.79 Å². The molecule has 0 radical (unpaired) electrons. The van der Waals surface area contributed by atoms with E-state index in [0.717, 1.165) is 46.0 Å². The number of esters is 1. The van der Waals surface area contributed by atoms with Gasteiger partial charge in [-0.2, -0.15) is 5.10 Å². The number of sulfonamides is 1. The first-order valence-corrected chi connectivity index (χ1v) is 15.6. The fraction of sp³-hybridized carbons (Fsp3) is 0.258. The summed E-state index contributed by atoms with van der Waals surface area (Å²) in [6.45, 7) is -0.530. The fourth-order valence-corrected chi connectivity index (χ4v) is 6.47. The lowest BCUT2D eigenvalue weighted by Crippen LogP contribution is -2.34. The number of benzene rings is 3. The zero-order chi connectivity index (χ0) is 30.0. The predicted octanol–water partition coefficient (Wildman–Crippen LogP) is 6.22. The SMILES string of the molecule is CN(C)S(=O)(=O)c1ccc(C(=O)OCC(=O)N2N=C3C(=Cc4cccc(Cl)c4)CCCC3C2c2ccc(Cl)cc2)cc1. The lowest BCUT2D eigenvalue weighted by molar-refractivity contribution is -0.137. The van der Waals surface area contributed by atoms with Crippen LogP contribution in [-0.2, 0) is 19.6 Å². The van der Waals surface area contributed by atoms with Gasteiger partial charge in [0.25, 0.3) is 5.91 Å². The molecule has 11 heteroatoms. The summed E-state index contributed by atoms with van der Waals surface area (Å²) in [5.74, 6) is -1.26. The minimum atomic E-state index is -3.64. The molecule has 2 aliphatic rings. The second-order valence-corrected chi connectivity index (χ2v) is 13.4. The lowest BCUT2D eigenvalue weighted by atomic mass is 9.77. The van der Waals surface area contributed by atoms with Crippen molar-refractivity contribution in [3.05, 3.63) is 105 Å². The number of fused-ring (bicyclic) bond motifs is 1. The van der Waals surface area contributed by atoms with Crippen LogP contribution in [0.15, 0.2) is 88.4 Å². The Balaban J connectivity index is 1.38. The number of hydrazone groups is 1. The van der Waals surface area contributed by atoms with Gasteiger partial charge in [0.15, 0.2) is 6.61 Å². The summed E-state index contributed by atoms with van der Waals surface area (Å²) in [6.07, 6.45) is 4.64. The average Bonchev–Trinajstić information content (AvgIpc) is 3.37. The second-order valence-electron chi connectivity index (χ2n) is 10.3. The summed E-state index contributed by atoms with van der Waals surface area (Å²) < 4.78 is 31.1. The molecule has 3 aromatic rings. The number of allylic oxidation sites excluding steroid dienone is 1. The first kappa shape index (κ1) is 30.0. The highest BCUT2D eigenvalue weighted by Gasteiger charge is 2.43. The quantitative estimate of drug-likeness (QED) is 0.290. The third kappa shape index (κ3) is 6.29. The molecule has 2 atom stereocenters. The van der Waals surface area contributed by atoms with Crippen LogP contribution in [0.2, 0.25) is 10.0 Å². The molecule has 0 spiro atoms. The molecule has 1 fully saturated rings. The minimum absolute atomic E-state index is 0.0445. The standard InChI is InChI=1S/C31H29Cl2N3O5S/c1-35(2)42(39,40)26-15-11-22(12-16-26)31(38)41-19-28(37)36-30(21-9-13-24(32)14-10-21)27-8-4-6-23(29(27)34-36)17-20-5-3-7-25(33)18-20/h3,5,7,9-18,27,30H,4,6,8,19H2,1-2H3. The Morgan fingerprint density at radius 3 is 2.40 bits per heavy atom. The molecule has 1 aliphatic carbocycles. The van der Waals surface area contributed by atoms with Crippen molar-refractivity contribution in [3.63, 3.8) is 0 Å². The molecule has 1 heterocycles. The first-order chi connectivity index (χ1) is 20.0. The number of hydrogen-bond donors (Lipinski definition) is 0. The molecule has 0 bridgehead atoms. The molecule has 1 saturated carbocycles. The van der Waals surface area contributed by atoms with Crippen molar-refractivity contribution in [2.45, 2.75) is 30.2 Å². The zero-order valence-corrected chi connectivity index (χ0v) is 25.4. The fourth-order valence-electron chi connectivity index (χ4n) is 5.25. The molecule has 0 aromatic heterocycles. The molecule has 3 aromatic carbocycles. The third-order valence-electron chi connectivity index (χ3n) is 7.35. The van der Waals surface area contributed by atoms with E-state index in [1.54, 1.807) is 12.1 Å². The van der Waals surface area contributed by atoms with Crippen LogP contribution in [0, 0.1) is 5.92 Å². The normalized spacial score (nSPS) is 19.5. The van der Waals surface area contributed by atoms with Gasteiger partial charge in [0.05, 0.1) is 22.2 Å².